The number of sulfonamides is 1. The van der Waals surface area contributed by atoms with E-state index >= 15 is 0 Å². The van der Waals surface area contributed by atoms with Crippen LogP contribution in [0.15, 0.2) is 34.3 Å². The van der Waals surface area contributed by atoms with Crippen LogP contribution in [0.2, 0.25) is 0 Å². The van der Waals surface area contributed by atoms with E-state index in [1.54, 1.807) is 18.2 Å². The molecule has 1 amide bonds. The molecule has 2 fully saturated rings. The van der Waals surface area contributed by atoms with Crippen LogP contribution in [0.4, 0.5) is 5.95 Å². The number of thioether (sulfide) groups is 1. The van der Waals surface area contributed by atoms with Gasteiger partial charge in [-0.3, -0.25) is 9.36 Å². The Bertz CT molecular complexity index is 1070. The van der Waals surface area contributed by atoms with Crippen LogP contribution in [0.3, 0.4) is 0 Å². The number of anilines is 1. The van der Waals surface area contributed by atoms with Gasteiger partial charge in [0.2, 0.25) is 5.95 Å². The minimum Gasteiger partial charge on any atom is -0.341 e. The van der Waals surface area contributed by atoms with E-state index in [0.29, 0.717) is 11.8 Å². The molecule has 0 bridgehead atoms. The summed E-state index contributed by atoms with van der Waals surface area (Å²) in [5.74, 6) is 1.68. The lowest BCUT2D eigenvalue weighted by Crippen LogP contribution is -2.34. The quantitative estimate of drug-likeness (QED) is 0.629. The summed E-state index contributed by atoms with van der Waals surface area (Å²) in [7, 11) is -3.76. The zero-order chi connectivity index (χ0) is 20.9. The molecular weight excluding hydrogens is 422 g/mol. The van der Waals surface area contributed by atoms with E-state index < -0.39 is 15.9 Å². The molecule has 5 rings (SSSR count). The fraction of sp³-hybridized carbons (Fsp3) is 0.550. The normalized spacial score (nSPS) is 21.3. The van der Waals surface area contributed by atoms with E-state index in [0.717, 1.165) is 60.1 Å². The Labute approximate surface area is 180 Å². The number of hydrogen-bond donors (Lipinski definition) is 0. The first kappa shape index (κ1) is 19.9. The van der Waals surface area contributed by atoms with Crippen molar-refractivity contribution in [3.05, 3.63) is 29.8 Å². The molecule has 3 aliphatic rings. The second kappa shape index (κ2) is 7.56. The van der Waals surface area contributed by atoms with Crippen molar-refractivity contribution in [1.29, 1.82) is 0 Å². The van der Waals surface area contributed by atoms with Gasteiger partial charge in [-0.1, -0.05) is 30.8 Å². The van der Waals surface area contributed by atoms with E-state index in [1.165, 1.54) is 17.8 Å². The third-order valence-corrected chi connectivity index (χ3v) is 8.83. The molecular formula is C20H25N5O3S2. The minimum atomic E-state index is -3.76. The number of fused-ring (bicyclic) bond motifs is 1. The lowest BCUT2D eigenvalue weighted by Gasteiger charge is -2.31. The van der Waals surface area contributed by atoms with Gasteiger partial charge in [0.1, 0.15) is 4.90 Å². The average molecular weight is 448 g/mol. The Balaban J connectivity index is 1.29. The summed E-state index contributed by atoms with van der Waals surface area (Å²) in [5, 5.41) is 9.70. The topological polar surface area (TPSA) is 88.4 Å². The van der Waals surface area contributed by atoms with Gasteiger partial charge < -0.3 is 4.90 Å². The highest BCUT2D eigenvalue weighted by Gasteiger charge is 2.40. The number of rotatable bonds is 6. The van der Waals surface area contributed by atoms with Crippen molar-refractivity contribution >= 4 is 33.6 Å². The summed E-state index contributed by atoms with van der Waals surface area (Å²) in [5.41, 5.74) is 0.255. The van der Waals surface area contributed by atoms with Crippen molar-refractivity contribution in [3.63, 3.8) is 0 Å². The van der Waals surface area contributed by atoms with Gasteiger partial charge in [-0.05, 0) is 43.7 Å². The molecule has 8 nitrogen and oxygen atoms in total. The molecule has 2 aliphatic heterocycles. The van der Waals surface area contributed by atoms with Crippen LogP contribution in [0.1, 0.15) is 49.0 Å². The maximum atomic E-state index is 12.7. The Kier molecular flexibility index (Phi) is 5.01. The van der Waals surface area contributed by atoms with Gasteiger partial charge in [-0.25, -0.2) is 12.7 Å². The summed E-state index contributed by atoms with van der Waals surface area (Å²) in [6.07, 6.45) is 4.57. The van der Waals surface area contributed by atoms with Gasteiger partial charge in [0, 0.05) is 31.4 Å². The Morgan fingerprint density at radius 3 is 2.53 bits per heavy atom. The molecule has 1 saturated heterocycles. The number of benzene rings is 1. The van der Waals surface area contributed by atoms with Crippen LogP contribution in [0, 0.1) is 5.92 Å². The molecule has 1 aliphatic carbocycles. The predicted octanol–water partition coefficient (Wildman–Crippen LogP) is 2.79. The number of amides is 1. The van der Waals surface area contributed by atoms with Crippen molar-refractivity contribution in [1.82, 2.24) is 19.1 Å². The summed E-state index contributed by atoms with van der Waals surface area (Å²) in [6, 6.07) is 6.82. The van der Waals surface area contributed by atoms with Crippen LogP contribution in [-0.2, 0) is 10.0 Å². The standard InChI is InChI=1S/C20H25N5O3S2/c1-14-8-10-23(11-9-14)19-21-22-20(25(19)15-6-7-15)29-13-12-24-18(26)16-4-2-3-5-17(16)30(24,27)28/h2-5,14-15H,6-13H2,1H3. The lowest BCUT2D eigenvalue weighted by atomic mass is 10.00. The maximum absolute atomic E-state index is 12.7. The largest absolute Gasteiger partial charge is 0.341 e. The molecule has 0 atom stereocenters. The van der Waals surface area contributed by atoms with Crippen molar-refractivity contribution < 1.29 is 13.2 Å². The number of carbonyl (C=O) groups is 1. The maximum Gasteiger partial charge on any atom is 0.269 e. The predicted molar refractivity (Wildman–Crippen MR) is 114 cm³/mol. The summed E-state index contributed by atoms with van der Waals surface area (Å²) >= 11 is 1.47. The van der Waals surface area contributed by atoms with E-state index in [4.69, 9.17) is 0 Å². The minimum absolute atomic E-state index is 0.0998. The molecule has 1 aromatic heterocycles. The van der Waals surface area contributed by atoms with Crippen molar-refractivity contribution in [2.75, 3.05) is 30.3 Å². The fourth-order valence-electron chi connectivity index (χ4n) is 4.12. The van der Waals surface area contributed by atoms with Gasteiger partial charge in [0.05, 0.1) is 5.56 Å². The third kappa shape index (κ3) is 3.39. The molecule has 1 saturated carbocycles. The summed E-state index contributed by atoms with van der Waals surface area (Å²) in [6.45, 7) is 4.40. The van der Waals surface area contributed by atoms with Gasteiger partial charge in [0.25, 0.3) is 15.9 Å². The Hall–Kier alpha value is -2.07. The van der Waals surface area contributed by atoms with Gasteiger partial charge >= 0.3 is 0 Å². The van der Waals surface area contributed by atoms with E-state index in [9.17, 15) is 13.2 Å². The fourth-order valence-corrected chi connectivity index (χ4v) is 6.73. The molecule has 2 aromatic rings. The van der Waals surface area contributed by atoms with Crippen LogP contribution < -0.4 is 4.90 Å². The van der Waals surface area contributed by atoms with E-state index in [2.05, 4.69) is 26.6 Å². The Morgan fingerprint density at radius 2 is 1.83 bits per heavy atom. The highest BCUT2D eigenvalue weighted by atomic mass is 32.2. The van der Waals surface area contributed by atoms with Crippen molar-refractivity contribution in [3.8, 4) is 0 Å². The van der Waals surface area contributed by atoms with Crippen molar-refractivity contribution in [2.45, 2.75) is 48.7 Å². The number of carbonyl (C=O) groups excluding carboxylic acids is 1. The summed E-state index contributed by atoms with van der Waals surface area (Å²) < 4.78 is 28.6. The first-order chi connectivity index (χ1) is 14.5. The highest BCUT2D eigenvalue weighted by molar-refractivity contribution is 7.99. The van der Waals surface area contributed by atoms with Gasteiger partial charge in [-0.15, -0.1) is 10.2 Å². The van der Waals surface area contributed by atoms with Crippen LogP contribution in [-0.4, -0.2) is 58.8 Å². The van der Waals surface area contributed by atoms with Crippen LogP contribution in [0.5, 0.6) is 0 Å². The average Bonchev–Trinajstić information content (AvgIpc) is 3.46. The van der Waals surface area contributed by atoms with Gasteiger partial charge in [0.15, 0.2) is 5.16 Å². The molecule has 0 unspecified atom stereocenters. The highest BCUT2D eigenvalue weighted by Crippen LogP contribution is 2.41. The number of piperidine rings is 1. The molecule has 1 aromatic carbocycles. The van der Waals surface area contributed by atoms with Crippen LogP contribution >= 0.6 is 11.8 Å². The zero-order valence-corrected chi connectivity index (χ0v) is 18.5. The molecule has 10 heteroatoms. The number of aromatic nitrogens is 3. The third-order valence-electron chi connectivity index (χ3n) is 6.06. The molecule has 160 valence electrons. The van der Waals surface area contributed by atoms with Gasteiger partial charge in [-0.2, -0.15) is 0 Å². The van der Waals surface area contributed by atoms with E-state index in [1.807, 2.05) is 0 Å². The number of hydrogen-bond acceptors (Lipinski definition) is 7. The molecule has 3 heterocycles. The smallest absolute Gasteiger partial charge is 0.269 e. The molecule has 30 heavy (non-hydrogen) atoms. The lowest BCUT2D eigenvalue weighted by molar-refractivity contribution is 0.0876. The summed E-state index contributed by atoms with van der Waals surface area (Å²) in [4.78, 5) is 15.0. The zero-order valence-electron chi connectivity index (χ0n) is 16.9. The molecule has 0 radical (unpaired) electrons. The molecule has 0 spiro atoms. The first-order valence-corrected chi connectivity index (χ1v) is 12.9. The number of nitrogens with zero attached hydrogens (tertiary/aromatic N) is 5. The SMILES string of the molecule is CC1CCN(c2nnc(SCCN3C(=O)c4ccccc4S3(=O)=O)n2C2CC2)CC1. The van der Waals surface area contributed by atoms with E-state index in [-0.39, 0.29) is 17.0 Å². The monoisotopic (exact) mass is 447 g/mol. The first-order valence-electron chi connectivity index (χ1n) is 10.5. The second-order valence-corrected chi connectivity index (χ2v) is 11.2. The van der Waals surface area contributed by atoms with Crippen LogP contribution in [0.25, 0.3) is 0 Å². The van der Waals surface area contributed by atoms with Crippen molar-refractivity contribution in [2.24, 2.45) is 5.92 Å². The second-order valence-electron chi connectivity index (χ2n) is 8.28. The Morgan fingerprint density at radius 1 is 1.10 bits per heavy atom. The molecule has 0 N–H and O–H groups in total.